The van der Waals surface area contributed by atoms with Crippen LogP contribution in [0.4, 0.5) is 9.57 Å². The minimum absolute atomic E-state index is 0.0116. The first-order valence-corrected chi connectivity index (χ1v) is 6.01. The molecule has 88 valence electrons. The van der Waals surface area contributed by atoms with Gasteiger partial charge in [-0.05, 0) is 25.0 Å². The Bertz CT molecular complexity index is 512. The Hall–Kier alpha value is -1.50. The van der Waals surface area contributed by atoms with Crippen LogP contribution < -0.4 is 0 Å². The third-order valence-electron chi connectivity index (χ3n) is 2.09. The molecule has 0 aliphatic heterocycles. The fourth-order valence-electron chi connectivity index (χ4n) is 1.32. The maximum absolute atomic E-state index is 12.2. The molecule has 0 atom stereocenters. The number of hydrogen-bond acceptors (Lipinski definition) is 4. The fraction of sp³-hybridized carbons (Fsp3) is 0.333. The van der Waals surface area contributed by atoms with Crippen molar-refractivity contribution in [3.8, 4) is 0 Å². The average molecular weight is 247 g/mol. The Labute approximate surface area is 92.3 Å². The summed E-state index contributed by atoms with van der Waals surface area (Å²) in [4.78, 5) is 9.98. The largest absolute Gasteiger partial charge is 0.302 e. The van der Waals surface area contributed by atoms with Crippen LogP contribution in [0, 0.1) is 17.0 Å². The highest BCUT2D eigenvalue weighted by molar-refractivity contribution is 7.86. The number of halogens is 1. The van der Waals surface area contributed by atoms with Crippen molar-refractivity contribution in [1.29, 1.82) is 0 Å². The van der Waals surface area contributed by atoms with Crippen LogP contribution in [0.5, 0.6) is 0 Å². The second-order valence-corrected chi connectivity index (χ2v) is 4.86. The molecule has 0 heterocycles. The van der Waals surface area contributed by atoms with Crippen molar-refractivity contribution in [3.05, 3.63) is 39.4 Å². The number of rotatable bonds is 4. The summed E-state index contributed by atoms with van der Waals surface area (Å²) in [5.74, 6) is -0.607. The molecule has 0 aromatic heterocycles. The number of aryl methyl sites for hydroxylation is 2. The van der Waals surface area contributed by atoms with E-state index in [1.807, 2.05) is 0 Å². The van der Waals surface area contributed by atoms with Gasteiger partial charge in [0.25, 0.3) is 5.69 Å². The lowest BCUT2D eigenvalue weighted by atomic mass is 10.1. The van der Waals surface area contributed by atoms with Crippen molar-refractivity contribution >= 4 is 15.9 Å². The zero-order chi connectivity index (χ0) is 12.3. The zero-order valence-corrected chi connectivity index (χ0v) is 9.33. The Morgan fingerprint density at radius 2 is 2.06 bits per heavy atom. The summed E-state index contributed by atoms with van der Waals surface area (Å²) in [6.45, 7) is 1.55. The lowest BCUT2D eigenvalue weighted by molar-refractivity contribution is -0.385. The molecule has 5 nitrogen and oxygen atoms in total. The molecule has 0 saturated carbocycles. The van der Waals surface area contributed by atoms with Gasteiger partial charge < -0.3 is 0 Å². The molecule has 0 spiro atoms. The van der Waals surface area contributed by atoms with E-state index in [2.05, 4.69) is 0 Å². The molecule has 0 bridgehead atoms. The summed E-state index contributed by atoms with van der Waals surface area (Å²) >= 11 is 0. The van der Waals surface area contributed by atoms with Gasteiger partial charge in [-0.1, -0.05) is 6.07 Å². The van der Waals surface area contributed by atoms with Crippen LogP contribution in [-0.2, 0) is 16.6 Å². The Kier molecular flexibility index (Phi) is 3.58. The van der Waals surface area contributed by atoms with Gasteiger partial charge in [0.1, 0.15) is 0 Å². The predicted octanol–water partition coefficient (Wildman–Crippen LogP) is 1.75. The quantitative estimate of drug-likeness (QED) is 0.461. The van der Waals surface area contributed by atoms with Crippen LogP contribution in [0.3, 0.4) is 0 Å². The van der Waals surface area contributed by atoms with Gasteiger partial charge in [0, 0.05) is 11.6 Å². The van der Waals surface area contributed by atoms with E-state index in [1.165, 1.54) is 18.2 Å². The van der Waals surface area contributed by atoms with Crippen LogP contribution in [0.15, 0.2) is 18.2 Å². The monoisotopic (exact) mass is 247 g/mol. The summed E-state index contributed by atoms with van der Waals surface area (Å²) in [5, 5.41) is 10.5. The Balaban J connectivity index is 2.86. The summed E-state index contributed by atoms with van der Waals surface area (Å²) in [7, 11) is -4.50. The molecule has 0 radical (unpaired) electrons. The number of benzene rings is 1. The van der Waals surface area contributed by atoms with Crippen LogP contribution in [0.2, 0.25) is 0 Å². The van der Waals surface area contributed by atoms with E-state index in [1.54, 1.807) is 6.92 Å². The standard InChI is InChI=1S/C9H10FNO4S/c1-7-6-8(4-5-16(10,14)15)2-3-9(7)11(12)13/h2-3,6H,4-5H2,1H3. The molecule has 0 amide bonds. The van der Waals surface area contributed by atoms with Crippen molar-refractivity contribution in [2.75, 3.05) is 5.75 Å². The maximum Gasteiger partial charge on any atom is 0.302 e. The van der Waals surface area contributed by atoms with E-state index in [4.69, 9.17) is 0 Å². The average Bonchev–Trinajstić information content (AvgIpc) is 2.13. The van der Waals surface area contributed by atoms with Crippen molar-refractivity contribution in [2.45, 2.75) is 13.3 Å². The summed E-state index contributed by atoms with van der Waals surface area (Å²) < 4.78 is 32.8. The molecule has 1 aromatic carbocycles. The predicted molar refractivity (Wildman–Crippen MR) is 56.4 cm³/mol. The molecule has 0 N–H and O–H groups in total. The zero-order valence-electron chi connectivity index (χ0n) is 8.51. The molecule has 0 unspecified atom stereocenters. The number of nitrogens with zero attached hydrogens (tertiary/aromatic N) is 1. The molecule has 16 heavy (non-hydrogen) atoms. The number of nitro benzene ring substituents is 1. The maximum atomic E-state index is 12.2. The van der Waals surface area contributed by atoms with Gasteiger partial charge in [-0.3, -0.25) is 10.1 Å². The first-order chi connectivity index (χ1) is 7.29. The Morgan fingerprint density at radius 1 is 1.44 bits per heavy atom. The third kappa shape index (κ3) is 3.58. The third-order valence-corrected chi connectivity index (χ3v) is 2.78. The first-order valence-electron chi connectivity index (χ1n) is 4.46. The molecule has 1 aromatic rings. The minimum Gasteiger partial charge on any atom is -0.258 e. The smallest absolute Gasteiger partial charge is 0.258 e. The van der Waals surface area contributed by atoms with Crippen molar-refractivity contribution in [1.82, 2.24) is 0 Å². The van der Waals surface area contributed by atoms with E-state index < -0.39 is 20.9 Å². The van der Waals surface area contributed by atoms with Crippen LogP contribution >= 0.6 is 0 Å². The molecule has 1 rings (SSSR count). The highest BCUT2D eigenvalue weighted by Crippen LogP contribution is 2.19. The van der Waals surface area contributed by atoms with Gasteiger partial charge in [-0.15, -0.1) is 3.89 Å². The molecule has 0 saturated heterocycles. The van der Waals surface area contributed by atoms with Gasteiger partial charge >= 0.3 is 10.2 Å². The van der Waals surface area contributed by atoms with Crippen molar-refractivity contribution in [2.24, 2.45) is 0 Å². The van der Waals surface area contributed by atoms with Crippen LogP contribution in [0.1, 0.15) is 11.1 Å². The van der Waals surface area contributed by atoms with E-state index in [9.17, 15) is 22.4 Å². The van der Waals surface area contributed by atoms with Gasteiger partial charge in [-0.25, -0.2) is 0 Å². The van der Waals surface area contributed by atoms with Gasteiger partial charge in [0.2, 0.25) is 0 Å². The molecule has 7 heteroatoms. The molecular formula is C9H10FNO4S. The lowest BCUT2D eigenvalue weighted by Crippen LogP contribution is -2.02. The van der Waals surface area contributed by atoms with Gasteiger partial charge in [-0.2, -0.15) is 8.42 Å². The number of nitro groups is 1. The SMILES string of the molecule is Cc1cc(CCS(=O)(=O)F)ccc1[N+](=O)[O-]. The molecule has 0 aliphatic carbocycles. The topological polar surface area (TPSA) is 77.3 Å². The normalized spacial score (nSPS) is 11.4. The van der Waals surface area contributed by atoms with E-state index in [0.29, 0.717) is 11.1 Å². The summed E-state index contributed by atoms with van der Waals surface area (Å²) in [6.07, 6.45) is 0.0116. The fourth-order valence-corrected chi connectivity index (χ4v) is 1.80. The minimum atomic E-state index is -4.50. The second-order valence-electron chi connectivity index (χ2n) is 3.37. The first kappa shape index (κ1) is 12.6. The summed E-state index contributed by atoms with van der Waals surface area (Å²) in [5.41, 5.74) is 0.954. The summed E-state index contributed by atoms with van der Waals surface area (Å²) in [6, 6.07) is 4.20. The Morgan fingerprint density at radius 3 is 2.50 bits per heavy atom. The molecular weight excluding hydrogens is 237 g/mol. The number of hydrogen-bond donors (Lipinski definition) is 0. The molecule has 0 fully saturated rings. The van der Waals surface area contributed by atoms with E-state index in [0.717, 1.165) is 0 Å². The highest BCUT2D eigenvalue weighted by atomic mass is 32.3. The van der Waals surface area contributed by atoms with E-state index in [-0.39, 0.29) is 12.1 Å². The van der Waals surface area contributed by atoms with E-state index >= 15 is 0 Å². The van der Waals surface area contributed by atoms with Gasteiger partial charge in [0.15, 0.2) is 0 Å². The van der Waals surface area contributed by atoms with Crippen molar-refractivity contribution in [3.63, 3.8) is 0 Å². The van der Waals surface area contributed by atoms with Gasteiger partial charge in [0.05, 0.1) is 10.7 Å². The van der Waals surface area contributed by atoms with Crippen LogP contribution in [0.25, 0.3) is 0 Å². The van der Waals surface area contributed by atoms with Crippen molar-refractivity contribution < 1.29 is 17.2 Å². The lowest BCUT2D eigenvalue weighted by Gasteiger charge is -2.01. The second kappa shape index (κ2) is 4.56. The van der Waals surface area contributed by atoms with Crippen LogP contribution in [-0.4, -0.2) is 19.1 Å². The highest BCUT2D eigenvalue weighted by Gasteiger charge is 2.12. The molecule has 0 aliphatic rings.